The molecule has 7 heteroatoms. The lowest BCUT2D eigenvalue weighted by Gasteiger charge is -2.22. The van der Waals surface area contributed by atoms with Crippen molar-refractivity contribution in [3.63, 3.8) is 0 Å². The third-order valence-corrected chi connectivity index (χ3v) is 3.60. The Bertz CT molecular complexity index is 360. The number of methoxy groups -OCH3 is 1. The maximum Gasteiger partial charge on any atom is 0.203 e. The van der Waals surface area contributed by atoms with Gasteiger partial charge >= 0.3 is 0 Å². The number of aromatic nitrogens is 2. The first-order valence-corrected chi connectivity index (χ1v) is 6.47. The summed E-state index contributed by atoms with van der Waals surface area (Å²) in [5, 5.41) is 12.5. The van der Waals surface area contributed by atoms with Crippen molar-refractivity contribution in [1.82, 2.24) is 9.97 Å². The molecule has 96 valence electrons. The fourth-order valence-electron chi connectivity index (χ4n) is 1.44. The molecule has 1 rings (SSSR count). The first-order valence-electron chi connectivity index (χ1n) is 5.18. The Morgan fingerprint density at radius 3 is 2.82 bits per heavy atom. The number of nitrogens with two attached hydrogens (primary N) is 1. The van der Waals surface area contributed by atoms with Crippen LogP contribution in [0.5, 0.6) is 5.75 Å². The van der Waals surface area contributed by atoms with Crippen molar-refractivity contribution in [2.75, 3.05) is 31.0 Å². The molecule has 0 aliphatic rings. The summed E-state index contributed by atoms with van der Waals surface area (Å²) in [5.74, 6) is 1.26. The minimum atomic E-state index is 0.0400. The number of nitrogen functional groups attached to an aromatic ring is 1. The van der Waals surface area contributed by atoms with E-state index in [-0.39, 0.29) is 17.9 Å². The molecule has 0 bridgehead atoms. The van der Waals surface area contributed by atoms with E-state index in [4.69, 9.17) is 10.5 Å². The second-order valence-corrected chi connectivity index (χ2v) is 4.61. The zero-order valence-corrected chi connectivity index (χ0v) is 11.0. The van der Waals surface area contributed by atoms with Crippen LogP contribution in [0.25, 0.3) is 0 Å². The summed E-state index contributed by atoms with van der Waals surface area (Å²) < 4.78 is 5.14. The smallest absolute Gasteiger partial charge is 0.203 e. The molecule has 1 aromatic heterocycles. The summed E-state index contributed by atoms with van der Waals surface area (Å²) in [6, 6.07) is 0.0400. The van der Waals surface area contributed by atoms with E-state index in [0.717, 1.165) is 0 Å². The van der Waals surface area contributed by atoms with Crippen molar-refractivity contribution >= 4 is 23.4 Å². The first kappa shape index (κ1) is 13.9. The van der Waals surface area contributed by atoms with Gasteiger partial charge in [0.05, 0.1) is 13.7 Å². The third kappa shape index (κ3) is 3.37. The second-order valence-electron chi connectivity index (χ2n) is 3.53. The molecule has 4 N–H and O–H groups in total. The Balaban J connectivity index is 2.84. The van der Waals surface area contributed by atoms with Gasteiger partial charge in [-0.3, -0.25) is 0 Å². The number of hydrogen-bond donors (Lipinski definition) is 3. The van der Waals surface area contributed by atoms with Crippen molar-refractivity contribution in [2.24, 2.45) is 0 Å². The summed E-state index contributed by atoms with van der Waals surface area (Å²) in [6.45, 7) is 2.06. The number of rotatable bonds is 6. The number of aliphatic hydroxyl groups is 1. The van der Waals surface area contributed by atoms with E-state index in [9.17, 15) is 5.11 Å². The van der Waals surface area contributed by atoms with Crippen molar-refractivity contribution in [1.29, 1.82) is 0 Å². The van der Waals surface area contributed by atoms with E-state index in [1.165, 1.54) is 13.4 Å². The van der Waals surface area contributed by atoms with Gasteiger partial charge in [0.15, 0.2) is 11.6 Å². The third-order valence-electron chi connectivity index (χ3n) is 2.44. The van der Waals surface area contributed by atoms with E-state index in [2.05, 4.69) is 15.3 Å². The molecular formula is C10H18N4O2S. The molecular weight excluding hydrogens is 240 g/mol. The quantitative estimate of drug-likeness (QED) is 0.687. The van der Waals surface area contributed by atoms with E-state index in [1.54, 1.807) is 11.8 Å². The zero-order valence-electron chi connectivity index (χ0n) is 10.2. The van der Waals surface area contributed by atoms with Crippen molar-refractivity contribution in [3.8, 4) is 5.75 Å². The van der Waals surface area contributed by atoms with E-state index >= 15 is 0 Å². The van der Waals surface area contributed by atoms with Gasteiger partial charge in [-0.1, -0.05) is 0 Å². The van der Waals surface area contributed by atoms with Crippen LogP contribution >= 0.6 is 11.8 Å². The predicted octanol–water partition coefficient (Wildman–Crippen LogP) is 0.592. The van der Waals surface area contributed by atoms with Crippen LogP contribution in [0, 0.1) is 0 Å². The van der Waals surface area contributed by atoms with Gasteiger partial charge in [0.1, 0.15) is 6.33 Å². The molecule has 2 unspecified atom stereocenters. The summed E-state index contributed by atoms with van der Waals surface area (Å²) in [7, 11) is 1.52. The van der Waals surface area contributed by atoms with Gasteiger partial charge in [0.2, 0.25) is 5.75 Å². The number of thioether (sulfide) groups is 1. The SMILES string of the molecule is COc1c(N)ncnc1NC(C)C(CO)SC. The normalized spacial score (nSPS) is 14.1. The molecule has 0 spiro atoms. The molecule has 1 heterocycles. The lowest BCUT2D eigenvalue weighted by atomic mass is 10.2. The summed E-state index contributed by atoms with van der Waals surface area (Å²) in [5.41, 5.74) is 5.68. The Morgan fingerprint density at radius 1 is 1.59 bits per heavy atom. The molecule has 0 aromatic carbocycles. The number of nitrogens with one attached hydrogen (secondary N) is 1. The minimum Gasteiger partial charge on any atom is -0.490 e. The molecule has 0 saturated heterocycles. The van der Waals surface area contributed by atoms with Crippen molar-refractivity contribution in [2.45, 2.75) is 18.2 Å². The topological polar surface area (TPSA) is 93.3 Å². The lowest BCUT2D eigenvalue weighted by Crippen LogP contribution is -2.31. The Hall–Kier alpha value is -1.21. The number of ether oxygens (including phenoxy) is 1. The molecule has 1 aromatic rings. The summed E-state index contributed by atoms with van der Waals surface area (Å²) in [4.78, 5) is 7.93. The van der Waals surface area contributed by atoms with Gasteiger partial charge in [-0.25, -0.2) is 9.97 Å². The number of hydrogen-bond acceptors (Lipinski definition) is 7. The van der Waals surface area contributed by atoms with E-state index < -0.39 is 0 Å². The molecule has 0 radical (unpaired) electrons. The van der Waals surface area contributed by atoms with Gasteiger partial charge < -0.3 is 20.9 Å². The number of nitrogens with zero attached hydrogens (tertiary/aromatic N) is 2. The molecule has 0 fully saturated rings. The van der Waals surface area contributed by atoms with Crippen LogP contribution < -0.4 is 15.8 Å². The highest BCUT2D eigenvalue weighted by Crippen LogP contribution is 2.27. The van der Waals surface area contributed by atoms with Crippen LogP contribution in [0.3, 0.4) is 0 Å². The van der Waals surface area contributed by atoms with E-state index in [0.29, 0.717) is 17.4 Å². The highest BCUT2D eigenvalue weighted by Gasteiger charge is 2.18. The standard InChI is InChI=1S/C10H18N4O2S/c1-6(7(4-15)17-3)14-10-8(16-2)9(11)12-5-13-10/h5-7,15H,4H2,1-3H3,(H3,11,12,13,14). The molecule has 6 nitrogen and oxygen atoms in total. The van der Waals surface area contributed by atoms with Crippen LogP contribution in [-0.4, -0.2) is 46.3 Å². The molecule has 0 aliphatic carbocycles. The minimum absolute atomic E-state index is 0.0400. The highest BCUT2D eigenvalue weighted by atomic mass is 32.2. The second kappa shape index (κ2) is 6.51. The summed E-state index contributed by atoms with van der Waals surface area (Å²) >= 11 is 1.59. The van der Waals surface area contributed by atoms with Gasteiger partial charge in [0.25, 0.3) is 0 Å². The van der Waals surface area contributed by atoms with Crippen LogP contribution in [0.1, 0.15) is 6.92 Å². The van der Waals surface area contributed by atoms with Gasteiger partial charge in [-0.15, -0.1) is 0 Å². The monoisotopic (exact) mass is 258 g/mol. The average molecular weight is 258 g/mol. The molecule has 17 heavy (non-hydrogen) atoms. The molecule has 0 saturated carbocycles. The van der Waals surface area contributed by atoms with Crippen LogP contribution in [-0.2, 0) is 0 Å². The average Bonchev–Trinajstić information content (AvgIpc) is 2.31. The van der Waals surface area contributed by atoms with Crippen LogP contribution in [0.4, 0.5) is 11.6 Å². The maximum atomic E-state index is 9.21. The zero-order chi connectivity index (χ0) is 12.8. The Kier molecular flexibility index (Phi) is 5.30. The van der Waals surface area contributed by atoms with E-state index in [1.807, 2.05) is 13.2 Å². The van der Waals surface area contributed by atoms with Gasteiger partial charge in [0, 0.05) is 11.3 Å². The first-order chi connectivity index (χ1) is 8.13. The van der Waals surface area contributed by atoms with Crippen LogP contribution in [0.2, 0.25) is 0 Å². The van der Waals surface area contributed by atoms with Crippen molar-refractivity contribution in [3.05, 3.63) is 6.33 Å². The number of aliphatic hydroxyl groups excluding tert-OH is 1. The fourth-order valence-corrected chi connectivity index (χ4v) is 2.06. The maximum absolute atomic E-state index is 9.21. The predicted molar refractivity (Wildman–Crippen MR) is 70.5 cm³/mol. The highest BCUT2D eigenvalue weighted by molar-refractivity contribution is 7.99. The Labute approximate surface area is 105 Å². The molecule has 2 atom stereocenters. The fraction of sp³-hybridized carbons (Fsp3) is 0.600. The number of anilines is 2. The molecule has 0 aliphatic heterocycles. The largest absolute Gasteiger partial charge is 0.490 e. The van der Waals surface area contributed by atoms with Crippen molar-refractivity contribution < 1.29 is 9.84 Å². The lowest BCUT2D eigenvalue weighted by molar-refractivity contribution is 0.288. The summed E-state index contributed by atoms with van der Waals surface area (Å²) in [6.07, 6.45) is 3.32. The molecule has 0 amide bonds. The Morgan fingerprint density at radius 2 is 2.29 bits per heavy atom. The van der Waals surface area contributed by atoms with Gasteiger partial charge in [-0.2, -0.15) is 11.8 Å². The van der Waals surface area contributed by atoms with Gasteiger partial charge in [-0.05, 0) is 13.2 Å². The van der Waals surface area contributed by atoms with Crippen LogP contribution in [0.15, 0.2) is 6.33 Å².